The van der Waals surface area contributed by atoms with E-state index in [9.17, 15) is 9.59 Å². The Hall–Kier alpha value is -2.34. The number of likely N-dealkylation sites (tertiary alicyclic amines) is 1. The summed E-state index contributed by atoms with van der Waals surface area (Å²) in [5.74, 6) is 0.161. The molecular weight excluding hydrogens is 346 g/mol. The van der Waals surface area contributed by atoms with Gasteiger partial charge in [-0.1, -0.05) is 23.9 Å². The van der Waals surface area contributed by atoms with Gasteiger partial charge in [0.15, 0.2) is 0 Å². The third-order valence-corrected chi connectivity index (χ3v) is 5.92. The van der Waals surface area contributed by atoms with Crippen LogP contribution in [0.15, 0.2) is 52.5 Å². The summed E-state index contributed by atoms with van der Waals surface area (Å²) < 4.78 is 0. The molecule has 3 heterocycles. The summed E-state index contributed by atoms with van der Waals surface area (Å²) in [7, 11) is 0. The Morgan fingerprint density at radius 1 is 1.12 bits per heavy atom. The second kappa shape index (κ2) is 7.50. The van der Waals surface area contributed by atoms with Gasteiger partial charge in [0.05, 0.1) is 11.3 Å². The number of para-hydroxylation sites is 1. The Morgan fingerprint density at radius 3 is 2.77 bits per heavy atom. The first-order chi connectivity index (χ1) is 12.7. The lowest BCUT2D eigenvalue weighted by Gasteiger charge is -2.23. The van der Waals surface area contributed by atoms with Gasteiger partial charge in [-0.3, -0.25) is 9.59 Å². The van der Waals surface area contributed by atoms with E-state index in [1.165, 1.54) is 11.8 Å². The van der Waals surface area contributed by atoms with E-state index in [2.05, 4.69) is 4.98 Å². The minimum absolute atomic E-state index is 0.0424. The van der Waals surface area contributed by atoms with Gasteiger partial charge in [-0.15, -0.1) is 0 Å². The Labute approximate surface area is 157 Å². The number of carbonyl (C=O) groups excluding carboxylic acids is 2. The summed E-state index contributed by atoms with van der Waals surface area (Å²) in [5, 5.41) is 0.737. The summed E-state index contributed by atoms with van der Waals surface area (Å²) in [6.45, 7) is 2.28. The molecule has 134 valence electrons. The molecule has 0 atom stereocenters. The molecule has 0 unspecified atom stereocenters. The Balaban J connectivity index is 1.54. The molecule has 5 nitrogen and oxygen atoms in total. The summed E-state index contributed by atoms with van der Waals surface area (Å²) in [4.78, 5) is 34.5. The molecule has 0 N–H and O–H groups in total. The second-order valence-electron chi connectivity index (χ2n) is 6.57. The largest absolute Gasteiger partial charge is 0.343 e. The number of nitrogens with zero attached hydrogens (tertiary/aromatic N) is 3. The molecule has 0 bridgehead atoms. The van der Waals surface area contributed by atoms with E-state index < -0.39 is 0 Å². The van der Waals surface area contributed by atoms with Crippen molar-refractivity contribution in [2.24, 2.45) is 0 Å². The summed E-state index contributed by atoms with van der Waals surface area (Å²) in [6, 6.07) is 11.5. The minimum atomic E-state index is -0.0424. The highest BCUT2D eigenvalue weighted by Gasteiger charge is 2.28. The third kappa shape index (κ3) is 3.33. The molecule has 4 rings (SSSR count). The van der Waals surface area contributed by atoms with Gasteiger partial charge in [0.25, 0.3) is 5.91 Å². The van der Waals surface area contributed by atoms with Gasteiger partial charge in [0, 0.05) is 37.1 Å². The SMILES string of the molecule is O=C(CCCN1C(=O)c2cccnc2Sc2ccccc21)N1CCCC1. The van der Waals surface area contributed by atoms with Crippen molar-refractivity contribution in [1.82, 2.24) is 9.88 Å². The number of fused-ring (bicyclic) bond motifs is 2. The van der Waals surface area contributed by atoms with Gasteiger partial charge in [-0.05, 0) is 43.5 Å². The topological polar surface area (TPSA) is 53.5 Å². The first-order valence-corrected chi connectivity index (χ1v) is 9.87. The molecule has 6 heteroatoms. The predicted octanol–water partition coefficient (Wildman–Crippen LogP) is 3.60. The van der Waals surface area contributed by atoms with E-state index >= 15 is 0 Å². The molecule has 0 aliphatic carbocycles. The Morgan fingerprint density at radius 2 is 1.92 bits per heavy atom. The number of amides is 2. The molecule has 0 saturated carbocycles. The summed E-state index contributed by atoms with van der Waals surface area (Å²) >= 11 is 1.52. The second-order valence-corrected chi connectivity index (χ2v) is 7.60. The highest BCUT2D eigenvalue weighted by Crippen LogP contribution is 2.40. The highest BCUT2D eigenvalue weighted by atomic mass is 32.2. The van der Waals surface area contributed by atoms with Gasteiger partial charge in [0.1, 0.15) is 5.03 Å². The lowest BCUT2D eigenvalue weighted by atomic mass is 10.2. The van der Waals surface area contributed by atoms with Crippen LogP contribution < -0.4 is 4.90 Å². The number of carbonyl (C=O) groups is 2. The van der Waals surface area contributed by atoms with Crippen LogP contribution in [0.4, 0.5) is 5.69 Å². The monoisotopic (exact) mass is 367 g/mol. The first-order valence-electron chi connectivity index (χ1n) is 9.05. The van der Waals surface area contributed by atoms with Crippen LogP contribution in [0, 0.1) is 0 Å². The molecule has 1 aromatic carbocycles. The predicted molar refractivity (Wildman–Crippen MR) is 102 cm³/mol. The van der Waals surface area contributed by atoms with Crippen molar-refractivity contribution in [3.63, 3.8) is 0 Å². The minimum Gasteiger partial charge on any atom is -0.343 e. The number of anilines is 1. The molecule has 26 heavy (non-hydrogen) atoms. The zero-order valence-corrected chi connectivity index (χ0v) is 15.4. The van der Waals surface area contributed by atoms with Crippen LogP contribution in [-0.4, -0.2) is 41.3 Å². The average Bonchev–Trinajstić information content (AvgIpc) is 3.17. The van der Waals surface area contributed by atoms with Crippen LogP contribution in [0.5, 0.6) is 0 Å². The van der Waals surface area contributed by atoms with Gasteiger partial charge in [-0.2, -0.15) is 0 Å². The van der Waals surface area contributed by atoms with Crippen LogP contribution in [0.1, 0.15) is 36.0 Å². The molecule has 2 amide bonds. The first kappa shape index (κ1) is 17.1. The van der Waals surface area contributed by atoms with E-state index in [1.54, 1.807) is 17.2 Å². The number of aromatic nitrogens is 1. The summed E-state index contributed by atoms with van der Waals surface area (Å²) in [6.07, 6.45) is 5.07. The fourth-order valence-electron chi connectivity index (χ4n) is 3.50. The molecule has 0 spiro atoms. The number of rotatable bonds is 4. The fraction of sp³-hybridized carbons (Fsp3) is 0.350. The van der Waals surface area contributed by atoms with Gasteiger partial charge < -0.3 is 9.80 Å². The number of pyridine rings is 1. The molecule has 1 fully saturated rings. The van der Waals surface area contributed by atoms with E-state index in [0.29, 0.717) is 24.9 Å². The van der Waals surface area contributed by atoms with Gasteiger partial charge >= 0.3 is 0 Å². The van der Waals surface area contributed by atoms with Crippen molar-refractivity contribution in [1.29, 1.82) is 0 Å². The van der Waals surface area contributed by atoms with Crippen molar-refractivity contribution in [3.8, 4) is 0 Å². The van der Waals surface area contributed by atoms with Crippen LogP contribution in [0.25, 0.3) is 0 Å². The standard InChI is InChI=1S/C20H21N3O2S/c24-18(22-12-3-4-13-22)10-6-14-23-16-8-1-2-9-17(16)26-19-15(20(23)25)7-5-11-21-19/h1-2,5,7-9,11H,3-4,6,10,12-14H2. The van der Waals surface area contributed by atoms with E-state index in [4.69, 9.17) is 0 Å². The molecule has 0 radical (unpaired) electrons. The van der Waals surface area contributed by atoms with Crippen LogP contribution in [0.2, 0.25) is 0 Å². The van der Waals surface area contributed by atoms with Crippen molar-refractivity contribution >= 4 is 29.3 Å². The zero-order valence-electron chi connectivity index (χ0n) is 14.6. The number of benzene rings is 1. The van der Waals surface area contributed by atoms with Crippen molar-refractivity contribution in [2.75, 3.05) is 24.5 Å². The Bertz CT molecular complexity index is 833. The number of hydrogen-bond acceptors (Lipinski definition) is 4. The van der Waals surface area contributed by atoms with Crippen LogP contribution >= 0.6 is 11.8 Å². The van der Waals surface area contributed by atoms with E-state index in [0.717, 1.165) is 41.5 Å². The fourth-order valence-corrected chi connectivity index (χ4v) is 4.51. The van der Waals surface area contributed by atoms with Gasteiger partial charge in [0.2, 0.25) is 5.91 Å². The maximum absolute atomic E-state index is 13.1. The summed E-state index contributed by atoms with van der Waals surface area (Å²) in [5.41, 5.74) is 1.52. The zero-order chi connectivity index (χ0) is 17.9. The van der Waals surface area contributed by atoms with Crippen LogP contribution in [-0.2, 0) is 4.79 Å². The molecule has 2 aromatic rings. The highest BCUT2D eigenvalue weighted by molar-refractivity contribution is 7.99. The molecule has 1 aromatic heterocycles. The number of hydrogen-bond donors (Lipinski definition) is 0. The smallest absolute Gasteiger partial charge is 0.261 e. The van der Waals surface area contributed by atoms with Crippen molar-refractivity contribution in [2.45, 2.75) is 35.6 Å². The van der Waals surface area contributed by atoms with Crippen molar-refractivity contribution < 1.29 is 9.59 Å². The average molecular weight is 367 g/mol. The lowest BCUT2D eigenvalue weighted by Crippen LogP contribution is -2.33. The Kier molecular flexibility index (Phi) is 4.93. The maximum Gasteiger partial charge on any atom is 0.261 e. The lowest BCUT2D eigenvalue weighted by molar-refractivity contribution is -0.130. The molecular formula is C20H21N3O2S. The molecule has 2 aliphatic rings. The van der Waals surface area contributed by atoms with E-state index in [1.807, 2.05) is 35.2 Å². The molecule has 1 saturated heterocycles. The normalized spacial score (nSPS) is 16.2. The van der Waals surface area contributed by atoms with Crippen LogP contribution in [0.3, 0.4) is 0 Å². The molecule has 2 aliphatic heterocycles. The maximum atomic E-state index is 13.1. The van der Waals surface area contributed by atoms with Crippen molar-refractivity contribution in [3.05, 3.63) is 48.2 Å². The van der Waals surface area contributed by atoms with E-state index in [-0.39, 0.29) is 11.8 Å². The third-order valence-electron chi connectivity index (χ3n) is 4.84. The van der Waals surface area contributed by atoms with Gasteiger partial charge in [-0.25, -0.2) is 4.98 Å². The quantitative estimate of drug-likeness (QED) is 0.829.